The number of piperazine rings is 1. The number of aryl methyl sites for hydroxylation is 2. The van der Waals surface area contributed by atoms with Crippen LogP contribution in [0.15, 0.2) is 30.3 Å². The first kappa shape index (κ1) is 29.3. The van der Waals surface area contributed by atoms with Crippen LogP contribution in [0.1, 0.15) is 90.3 Å². The lowest BCUT2D eigenvalue weighted by molar-refractivity contribution is -0.163. The molecule has 2 saturated heterocycles. The zero-order valence-corrected chi connectivity index (χ0v) is 24.6. The van der Waals surface area contributed by atoms with Crippen LogP contribution in [0.3, 0.4) is 0 Å². The van der Waals surface area contributed by atoms with E-state index in [4.69, 9.17) is 4.74 Å². The Hall–Kier alpha value is -3.17. The molecule has 2 aliphatic heterocycles. The van der Waals surface area contributed by atoms with Crippen LogP contribution in [0.4, 0.5) is 0 Å². The summed E-state index contributed by atoms with van der Waals surface area (Å²) in [5.74, 6) is -0.477. The van der Waals surface area contributed by atoms with E-state index in [1.165, 1.54) is 19.3 Å². The van der Waals surface area contributed by atoms with Crippen LogP contribution in [0, 0.1) is 19.8 Å². The number of aromatic amines is 1. The second-order valence-electron chi connectivity index (χ2n) is 12.2. The molecule has 2 unspecified atom stereocenters. The van der Waals surface area contributed by atoms with Gasteiger partial charge in [-0.15, -0.1) is 0 Å². The Morgan fingerprint density at radius 3 is 2.37 bits per heavy atom. The van der Waals surface area contributed by atoms with Gasteiger partial charge in [-0.2, -0.15) is 0 Å². The van der Waals surface area contributed by atoms with Gasteiger partial charge in [-0.05, 0) is 68.4 Å². The van der Waals surface area contributed by atoms with Gasteiger partial charge in [-0.3, -0.25) is 14.5 Å². The molecule has 3 aliphatic rings. The zero-order valence-electron chi connectivity index (χ0n) is 24.6. The van der Waals surface area contributed by atoms with Gasteiger partial charge in [0.15, 0.2) is 0 Å². The number of amides is 2. The molecule has 9 heteroatoms. The number of carboxylic acid groups (broad SMARTS) is 1. The van der Waals surface area contributed by atoms with Crippen LogP contribution in [0.2, 0.25) is 0 Å². The molecule has 3 heterocycles. The number of piperidine rings is 1. The summed E-state index contributed by atoms with van der Waals surface area (Å²) >= 11 is 0. The van der Waals surface area contributed by atoms with Crippen molar-refractivity contribution in [2.75, 3.05) is 33.4 Å². The second-order valence-corrected chi connectivity index (χ2v) is 12.2. The molecule has 9 nitrogen and oxygen atoms in total. The molecule has 3 fully saturated rings. The number of ether oxygens (including phenoxy) is 1. The van der Waals surface area contributed by atoms with Crippen molar-refractivity contribution in [2.45, 2.75) is 82.8 Å². The molecule has 5 rings (SSSR count). The number of H-pyrrole nitrogens is 1. The lowest BCUT2D eigenvalue weighted by atomic mass is 9.78. The second kappa shape index (κ2) is 12.4. The summed E-state index contributed by atoms with van der Waals surface area (Å²) in [4.78, 5) is 46.9. The first-order valence-corrected chi connectivity index (χ1v) is 15.1. The predicted octanol–water partition coefficient (Wildman–Crippen LogP) is 4.20. The maximum atomic E-state index is 13.9. The Morgan fingerprint density at radius 1 is 1.10 bits per heavy atom. The van der Waals surface area contributed by atoms with Gasteiger partial charge in [0.1, 0.15) is 11.6 Å². The monoisotopic (exact) mass is 564 g/mol. The van der Waals surface area contributed by atoms with Gasteiger partial charge in [-0.1, -0.05) is 44.2 Å². The van der Waals surface area contributed by atoms with E-state index in [2.05, 4.69) is 28.2 Å². The minimum absolute atomic E-state index is 0.0265. The van der Waals surface area contributed by atoms with Crippen molar-refractivity contribution >= 4 is 17.8 Å². The van der Waals surface area contributed by atoms with E-state index in [0.717, 1.165) is 41.8 Å². The fraction of sp³-hybridized carbons (Fsp3) is 0.594. The molecule has 2 aromatic rings. The van der Waals surface area contributed by atoms with Crippen molar-refractivity contribution in [1.82, 2.24) is 20.1 Å². The summed E-state index contributed by atoms with van der Waals surface area (Å²) in [6.07, 6.45) is 7.69. The quantitative estimate of drug-likeness (QED) is 0.421. The lowest BCUT2D eigenvalue weighted by Crippen LogP contribution is -2.73. The molecule has 1 spiro atoms. The number of carbonyl (C=O) groups excluding carboxylic acids is 2. The van der Waals surface area contributed by atoms with E-state index in [-0.39, 0.29) is 23.4 Å². The Balaban J connectivity index is 1.39. The molecule has 0 bridgehead atoms. The van der Waals surface area contributed by atoms with Gasteiger partial charge in [0, 0.05) is 38.1 Å². The standard InChI is InChI=1S/C32H44N4O5/c1-21-19-26(22(2)33-21)28(24-9-11-25(12-10-24)30(38)39)35-15-13-32(14-16-35)31(40)34-27(20-23-7-5-4-6-8-23)29(37)36(32)17-18-41-3/h9-12,19,23,27-28,33H,4-8,13-18,20H2,1-3H3,(H,34,40)(H,38,39). The van der Waals surface area contributed by atoms with Gasteiger partial charge >= 0.3 is 5.97 Å². The number of nitrogens with one attached hydrogen (secondary N) is 2. The summed E-state index contributed by atoms with van der Waals surface area (Å²) in [5.41, 5.74) is 3.62. The topological polar surface area (TPSA) is 115 Å². The number of aromatic nitrogens is 1. The normalized spacial score (nSPS) is 22.6. The third-order valence-electron chi connectivity index (χ3n) is 9.57. The van der Waals surface area contributed by atoms with E-state index < -0.39 is 17.6 Å². The van der Waals surface area contributed by atoms with Crippen LogP contribution in [0.5, 0.6) is 0 Å². The molecule has 0 radical (unpaired) electrons. The molecule has 222 valence electrons. The molecule has 1 aliphatic carbocycles. The number of carbonyl (C=O) groups is 3. The number of hydrogen-bond donors (Lipinski definition) is 3. The predicted molar refractivity (Wildman–Crippen MR) is 156 cm³/mol. The molecule has 41 heavy (non-hydrogen) atoms. The summed E-state index contributed by atoms with van der Waals surface area (Å²) in [6.45, 7) is 6.11. The largest absolute Gasteiger partial charge is 0.478 e. The van der Waals surface area contributed by atoms with Crippen molar-refractivity contribution < 1.29 is 24.2 Å². The smallest absolute Gasteiger partial charge is 0.335 e. The van der Waals surface area contributed by atoms with Crippen LogP contribution in [-0.2, 0) is 14.3 Å². The van der Waals surface area contributed by atoms with Crippen molar-refractivity contribution in [3.8, 4) is 0 Å². The number of aromatic carboxylic acids is 1. The van der Waals surface area contributed by atoms with E-state index in [9.17, 15) is 19.5 Å². The number of benzene rings is 1. The highest BCUT2D eigenvalue weighted by Crippen LogP contribution is 2.40. The minimum Gasteiger partial charge on any atom is -0.478 e. The number of rotatable bonds is 9. The summed E-state index contributed by atoms with van der Waals surface area (Å²) < 4.78 is 5.38. The van der Waals surface area contributed by atoms with E-state index in [1.54, 1.807) is 19.2 Å². The van der Waals surface area contributed by atoms with Gasteiger partial charge in [0.25, 0.3) is 0 Å². The maximum absolute atomic E-state index is 13.9. The number of likely N-dealkylation sites (tertiary alicyclic amines) is 1. The number of hydrogen-bond acceptors (Lipinski definition) is 5. The SMILES string of the molecule is COCCN1C(=O)C(CC2CCCCC2)NC(=O)C12CCN(C(c1ccc(C(=O)O)cc1)c1cc(C)[nH]c1C)CC2. The average molecular weight is 565 g/mol. The van der Waals surface area contributed by atoms with Gasteiger partial charge in [0.05, 0.1) is 18.2 Å². The number of carboxylic acids is 1. The van der Waals surface area contributed by atoms with Gasteiger partial charge in [-0.25, -0.2) is 4.79 Å². The van der Waals surface area contributed by atoms with E-state index in [1.807, 2.05) is 24.0 Å². The van der Waals surface area contributed by atoms with Crippen molar-refractivity contribution in [1.29, 1.82) is 0 Å². The van der Waals surface area contributed by atoms with Crippen LogP contribution < -0.4 is 5.32 Å². The summed E-state index contributed by atoms with van der Waals surface area (Å²) in [6, 6.07) is 8.66. The Morgan fingerprint density at radius 2 is 1.78 bits per heavy atom. The van der Waals surface area contributed by atoms with E-state index >= 15 is 0 Å². The van der Waals surface area contributed by atoms with Crippen molar-refractivity contribution in [3.63, 3.8) is 0 Å². The highest BCUT2D eigenvalue weighted by atomic mass is 16.5. The molecule has 1 saturated carbocycles. The molecule has 3 N–H and O–H groups in total. The zero-order chi connectivity index (χ0) is 29.1. The maximum Gasteiger partial charge on any atom is 0.335 e. The van der Waals surface area contributed by atoms with Gasteiger partial charge < -0.3 is 25.0 Å². The van der Waals surface area contributed by atoms with Crippen LogP contribution in [-0.4, -0.2) is 82.6 Å². The molecule has 2 amide bonds. The Labute approximate surface area is 242 Å². The fourth-order valence-electron chi connectivity index (χ4n) is 7.37. The molecule has 1 aromatic heterocycles. The fourth-order valence-corrected chi connectivity index (χ4v) is 7.37. The van der Waals surface area contributed by atoms with Crippen molar-refractivity contribution in [2.24, 2.45) is 5.92 Å². The third-order valence-corrected chi connectivity index (χ3v) is 9.57. The number of methoxy groups -OCH3 is 1. The highest BCUT2D eigenvalue weighted by Gasteiger charge is 2.54. The van der Waals surface area contributed by atoms with Crippen LogP contribution >= 0.6 is 0 Å². The minimum atomic E-state index is -0.951. The first-order valence-electron chi connectivity index (χ1n) is 15.1. The molecular formula is C32H44N4O5. The number of nitrogens with zero attached hydrogens (tertiary/aromatic N) is 2. The Bertz CT molecular complexity index is 1240. The highest BCUT2D eigenvalue weighted by molar-refractivity contribution is 6.00. The van der Waals surface area contributed by atoms with Crippen molar-refractivity contribution in [3.05, 3.63) is 58.4 Å². The Kier molecular flexibility index (Phi) is 8.85. The summed E-state index contributed by atoms with van der Waals surface area (Å²) in [7, 11) is 1.63. The molecular weight excluding hydrogens is 520 g/mol. The van der Waals surface area contributed by atoms with Crippen LogP contribution in [0.25, 0.3) is 0 Å². The molecule has 1 aromatic carbocycles. The van der Waals surface area contributed by atoms with Gasteiger partial charge in [0.2, 0.25) is 11.8 Å². The first-order chi connectivity index (χ1) is 19.7. The molecule has 2 atom stereocenters. The van der Waals surface area contributed by atoms with E-state index in [0.29, 0.717) is 45.0 Å². The average Bonchev–Trinajstić information content (AvgIpc) is 3.30. The third kappa shape index (κ3) is 5.93. The summed E-state index contributed by atoms with van der Waals surface area (Å²) in [5, 5.41) is 12.6. The lowest BCUT2D eigenvalue weighted by Gasteiger charge is -2.52.